The van der Waals surface area contributed by atoms with Crippen LogP contribution in [0.15, 0.2) is 71.2 Å². The van der Waals surface area contributed by atoms with Crippen molar-refractivity contribution < 1.29 is 4.92 Å². The van der Waals surface area contributed by atoms with E-state index >= 15 is 0 Å². The van der Waals surface area contributed by atoms with E-state index in [-0.39, 0.29) is 10.6 Å². The maximum atomic E-state index is 11.5. The van der Waals surface area contributed by atoms with E-state index in [9.17, 15) is 10.1 Å². The van der Waals surface area contributed by atoms with Gasteiger partial charge in [0.2, 0.25) is 0 Å². The second-order valence-electron chi connectivity index (χ2n) is 5.26. The van der Waals surface area contributed by atoms with Crippen LogP contribution in [0.4, 0.5) is 5.69 Å². The van der Waals surface area contributed by atoms with E-state index in [1.807, 2.05) is 53.1 Å². The Balaban J connectivity index is 2.21. The molecule has 0 aliphatic heterocycles. The molecule has 0 fully saturated rings. The topological polar surface area (TPSA) is 48.1 Å². The van der Waals surface area contributed by atoms with E-state index in [4.69, 9.17) is 0 Å². The summed E-state index contributed by atoms with van der Waals surface area (Å²) in [7, 11) is 0. The monoisotopic (exact) mass is 366 g/mol. The summed E-state index contributed by atoms with van der Waals surface area (Å²) in [5, 5.41) is 13.6. The lowest BCUT2D eigenvalue weighted by molar-refractivity contribution is -0.384. The first kappa shape index (κ1) is 14.0. The summed E-state index contributed by atoms with van der Waals surface area (Å²) >= 11 is 3.42. The molecule has 4 rings (SSSR count). The summed E-state index contributed by atoms with van der Waals surface area (Å²) in [4.78, 5) is 11.1. The number of rotatable bonds is 2. The van der Waals surface area contributed by atoms with E-state index in [0.29, 0.717) is 5.69 Å². The second-order valence-corrected chi connectivity index (χ2v) is 6.18. The van der Waals surface area contributed by atoms with E-state index in [0.717, 1.165) is 26.3 Å². The van der Waals surface area contributed by atoms with Crippen LogP contribution in [0.2, 0.25) is 0 Å². The lowest BCUT2D eigenvalue weighted by atomic mass is 10.2. The second kappa shape index (κ2) is 5.21. The molecule has 3 aromatic carbocycles. The Morgan fingerprint density at radius 2 is 1.43 bits per heavy atom. The van der Waals surface area contributed by atoms with Crippen LogP contribution in [0.5, 0.6) is 0 Å². The van der Waals surface area contributed by atoms with Crippen LogP contribution >= 0.6 is 15.9 Å². The fourth-order valence-corrected chi connectivity index (χ4v) is 3.36. The average molecular weight is 367 g/mol. The lowest BCUT2D eigenvalue weighted by Gasteiger charge is -2.09. The van der Waals surface area contributed by atoms with Gasteiger partial charge in [0.1, 0.15) is 5.69 Å². The Morgan fingerprint density at radius 1 is 0.870 bits per heavy atom. The summed E-state index contributed by atoms with van der Waals surface area (Å²) in [5.74, 6) is 0. The van der Waals surface area contributed by atoms with Gasteiger partial charge in [0, 0.05) is 21.3 Å². The van der Waals surface area contributed by atoms with Crippen LogP contribution in [0.3, 0.4) is 0 Å². The van der Waals surface area contributed by atoms with Crippen LogP contribution in [-0.2, 0) is 0 Å². The molecule has 0 radical (unpaired) electrons. The molecular weight excluding hydrogens is 356 g/mol. The minimum absolute atomic E-state index is 0.0831. The Bertz CT molecular complexity index is 1020. The van der Waals surface area contributed by atoms with Crippen molar-refractivity contribution in [2.75, 3.05) is 0 Å². The van der Waals surface area contributed by atoms with E-state index in [2.05, 4.69) is 15.9 Å². The van der Waals surface area contributed by atoms with Gasteiger partial charge in [-0.2, -0.15) is 0 Å². The van der Waals surface area contributed by atoms with Crippen LogP contribution in [0.25, 0.3) is 27.5 Å². The number of hydrogen-bond acceptors (Lipinski definition) is 2. The van der Waals surface area contributed by atoms with Gasteiger partial charge in [0.05, 0.1) is 16.0 Å². The molecule has 1 aromatic heterocycles. The molecule has 0 saturated heterocycles. The first-order chi connectivity index (χ1) is 11.2. The number of fused-ring (bicyclic) bond motifs is 3. The highest BCUT2D eigenvalue weighted by molar-refractivity contribution is 9.10. The zero-order valence-electron chi connectivity index (χ0n) is 11.9. The number of nitro benzene ring substituents is 1. The van der Waals surface area contributed by atoms with Crippen molar-refractivity contribution in [3.63, 3.8) is 0 Å². The van der Waals surface area contributed by atoms with Crippen molar-refractivity contribution in [3.8, 4) is 5.69 Å². The molecule has 4 aromatic rings. The molecule has 0 saturated carbocycles. The van der Waals surface area contributed by atoms with Gasteiger partial charge in [-0.05, 0) is 24.3 Å². The van der Waals surface area contributed by atoms with Gasteiger partial charge >= 0.3 is 0 Å². The maximum absolute atomic E-state index is 11.5. The number of halogens is 1. The summed E-state index contributed by atoms with van der Waals surface area (Å²) in [5.41, 5.74) is 2.55. The molecule has 0 bridgehead atoms. The van der Waals surface area contributed by atoms with E-state index in [1.165, 1.54) is 6.07 Å². The molecule has 23 heavy (non-hydrogen) atoms. The first-order valence-electron chi connectivity index (χ1n) is 7.09. The summed E-state index contributed by atoms with van der Waals surface area (Å²) in [6.07, 6.45) is 0. The molecule has 0 aliphatic carbocycles. The molecule has 0 unspecified atom stereocenters. The smallest absolute Gasteiger partial charge is 0.293 e. The van der Waals surface area contributed by atoms with Crippen molar-refractivity contribution in [2.24, 2.45) is 0 Å². The number of nitrogens with zero attached hydrogens (tertiary/aromatic N) is 2. The zero-order chi connectivity index (χ0) is 16.0. The molecule has 1 heterocycles. The predicted octanol–water partition coefficient (Wildman–Crippen LogP) is 5.45. The SMILES string of the molecule is O=[N+]([O-])c1ccc(Br)cc1-n1c2ccccc2c2ccccc21. The number of aromatic nitrogens is 1. The molecule has 112 valence electrons. The normalized spacial score (nSPS) is 11.2. The molecule has 0 spiro atoms. The Labute approximate surface area is 140 Å². The average Bonchev–Trinajstić information content (AvgIpc) is 2.89. The summed E-state index contributed by atoms with van der Waals surface area (Å²) < 4.78 is 2.76. The summed E-state index contributed by atoms with van der Waals surface area (Å²) in [6.45, 7) is 0. The molecule has 0 atom stereocenters. The number of para-hydroxylation sites is 2. The van der Waals surface area contributed by atoms with Crippen LogP contribution in [-0.4, -0.2) is 9.49 Å². The van der Waals surface area contributed by atoms with Gasteiger partial charge < -0.3 is 4.57 Å². The fourth-order valence-electron chi connectivity index (χ4n) is 3.01. The van der Waals surface area contributed by atoms with Crippen molar-refractivity contribution in [1.82, 2.24) is 4.57 Å². The van der Waals surface area contributed by atoms with Crippen LogP contribution in [0.1, 0.15) is 0 Å². The van der Waals surface area contributed by atoms with Gasteiger partial charge in [0.15, 0.2) is 0 Å². The van der Waals surface area contributed by atoms with Crippen molar-refractivity contribution in [3.05, 3.63) is 81.3 Å². The highest BCUT2D eigenvalue weighted by Gasteiger charge is 2.20. The van der Waals surface area contributed by atoms with Crippen molar-refractivity contribution in [1.29, 1.82) is 0 Å². The Kier molecular flexibility index (Phi) is 3.16. The van der Waals surface area contributed by atoms with Crippen molar-refractivity contribution in [2.45, 2.75) is 0 Å². The minimum Gasteiger partial charge on any atom is -0.303 e. The largest absolute Gasteiger partial charge is 0.303 e. The number of benzene rings is 3. The quantitative estimate of drug-likeness (QED) is 0.349. The third-order valence-corrected chi connectivity index (χ3v) is 4.45. The highest BCUT2D eigenvalue weighted by Crippen LogP contribution is 2.36. The third kappa shape index (κ3) is 2.12. The lowest BCUT2D eigenvalue weighted by Crippen LogP contribution is -2.00. The zero-order valence-corrected chi connectivity index (χ0v) is 13.5. The maximum Gasteiger partial charge on any atom is 0.293 e. The molecular formula is C18H11BrN2O2. The third-order valence-electron chi connectivity index (χ3n) is 3.96. The highest BCUT2D eigenvalue weighted by atomic mass is 79.9. The standard InChI is InChI=1S/C18H11BrN2O2/c19-12-9-10-17(21(22)23)18(11-12)20-15-7-3-1-5-13(15)14-6-2-4-8-16(14)20/h1-11H. The Morgan fingerprint density at radius 3 is 2.00 bits per heavy atom. The Hall–Kier alpha value is -2.66. The van der Waals surface area contributed by atoms with Gasteiger partial charge in [0.25, 0.3) is 5.69 Å². The van der Waals surface area contributed by atoms with E-state index < -0.39 is 0 Å². The molecule has 0 aliphatic rings. The molecule has 4 nitrogen and oxygen atoms in total. The van der Waals surface area contributed by atoms with Gasteiger partial charge in [-0.3, -0.25) is 10.1 Å². The first-order valence-corrected chi connectivity index (χ1v) is 7.88. The molecule has 5 heteroatoms. The summed E-state index contributed by atoms with van der Waals surface area (Å²) in [6, 6.07) is 20.9. The van der Waals surface area contributed by atoms with Gasteiger partial charge in [-0.15, -0.1) is 0 Å². The van der Waals surface area contributed by atoms with Gasteiger partial charge in [-0.25, -0.2) is 0 Å². The van der Waals surface area contributed by atoms with Crippen molar-refractivity contribution >= 4 is 43.4 Å². The van der Waals surface area contributed by atoms with Crippen LogP contribution < -0.4 is 0 Å². The van der Waals surface area contributed by atoms with Crippen LogP contribution in [0, 0.1) is 10.1 Å². The number of nitro groups is 1. The van der Waals surface area contributed by atoms with E-state index in [1.54, 1.807) is 12.1 Å². The molecule has 0 amide bonds. The van der Waals surface area contributed by atoms with Gasteiger partial charge in [-0.1, -0.05) is 52.3 Å². The minimum atomic E-state index is -0.342. The fraction of sp³-hybridized carbons (Fsp3) is 0. The molecule has 0 N–H and O–H groups in total. The number of hydrogen-bond donors (Lipinski definition) is 0. The predicted molar refractivity (Wildman–Crippen MR) is 95.1 cm³/mol.